The molecular formula is C15H17NO2S. The van der Waals surface area contributed by atoms with E-state index in [-0.39, 0.29) is 6.04 Å². The van der Waals surface area contributed by atoms with Gasteiger partial charge in [0.1, 0.15) is 11.5 Å². The van der Waals surface area contributed by atoms with E-state index in [9.17, 15) is 0 Å². The molecule has 1 atom stereocenters. The largest absolute Gasteiger partial charge is 0.496 e. The van der Waals surface area contributed by atoms with Crippen LogP contribution in [0.5, 0.6) is 11.5 Å². The number of aryl methyl sites for hydroxylation is 1. The molecule has 2 heterocycles. The number of benzene rings is 1. The van der Waals surface area contributed by atoms with Crippen molar-refractivity contribution in [2.45, 2.75) is 18.9 Å². The molecule has 0 radical (unpaired) electrons. The van der Waals surface area contributed by atoms with E-state index in [0.29, 0.717) is 0 Å². The Morgan fingerprint density at radius 2 is 2.26 bits per heavy atom. The second-order valence-electron chi connectivity index (χ2n) is 4.69. The summed E-state index contributed by atoms with van der Waals surface area (Å²) >= 11 is 1.63. The van der Waals surface area contributed by atoms with E-state index in [1.165, 1.54) is 5.56 Å². The number of fused-ring (bicyclic) bond motifs is 1. The van der Waals surface area contributed by atoms with Gasteiger partial charge in [-0.15, -0.1) is 11.3 Å². The highest BCUT2D eigenvalue weighted by molar-refractivity contribution is 7.10. The number of ether oxygens (including phenoxy) is 2. The summed E-state index contributed by atoms with van der Waals surface area (Å²) in [6, 6.07) is 8.17. The summed E-state index contributed by atoms with van der Waals surface area (Å²) in [6.07, 6.45) is 2.15. The zero-order valence-electron chi connectivity index (χ0n) is 10.9. The minimum atomic E-state index is -0.0962. The third-order valence-electron chi connectivity index (χ3n) is 3.43. The molecule has 1 aliphatic rings. The topological polar surface area (TPSA) is 44.5 Å². The first-order valence-electron chi connectivity index (χ1n) is 6.41. The van der Waals surface area contributed by atoms with E-state index >= 15 is 0 Å². The molecule has 2 aromatic rings. The predicted molar refractivity (Wildman–Crippen MR) is 77.2 cm³/mol. The molecule has 3 rings (SSSR count). The number of thiophene rings is 1. The molecule has 1 unspecified atom stereocenters. The normalized spacial score (nSPS) is 15.5. The minimum absolute atomic E-state index is 0.0962. The van der Waals surface area contributed by atoms with Crippen LogP contribution in [-0.4, -0.2) is 13.7 Å². The van der Waals surface area contributed by atoms with Crippen LogP contribution in [0.15, 0.2) is 29.6 Å². The Kier molecular flexibility index (Phi) is 3.44. The monoisotopic (exact) mass is 275 g/mol. The molecule has 0 saturated heterocycles. The Labute approximate surface area is 117 Å². The predicted octanol–water partition coefficient (Wildman–Crippen LogP) is 3.13. The second-order valence-corrected chi connectivity index (χ2v) is 5.63. The Hall–Kier alpha value is -1.52. The molecule has 0 aliphatic carbocycles. The summed E-state index contributed by atoms with van der Waals surface area (Å²) in [6.45, 7) is 0.820. The molecule has 1 aromatic heterocycles. The number of nitrogens with two attached hydrogens (primary N) is 1. The summed E-state index contributed by atoms with van der Waals surface area (Å²) in [5.74, 6) is 1.88. The molecule has 2 N–H and O–H groups in total. The second kappa shape index (κ2) is 5.23. The van der Waals surface area contributed by atoms with Gasteiger partial charge in [-0.25, -0.2) is 0 Å². The molecule has 0 spiro atoms. The van der Waals surface area contributed by atoms with E-state index in [4.69, 9.17) is 15.2 Å². The molecule has 1 aromatic carbocycles. The first kappa shape index (κ1) is 12.5. The van der Waals surface area contributed by atoms with Crippen molar-refractivity contribution in [2.75, 3.05) is 13.7 Å². The maximum Gasteiger partial charge on any atom is 0.129 e. The fourth-order valence-electron chi connectivity index (χ4n) is 2.34. The van der Waals surface area contributed by atoms with Crippen molar-refractivity contribution in [3.63, 3.8) is 0 Å². The molecular weight excluding hydrogens is 258 g/mol. The highest BCUT2D eigenvalue weighted by atomic mass is 32.1. The summed E-state index contributed by atoms with van der Waals surface area (Å²) in [7, 11) is 1.67. The van der Waals surface area contributed by atoms with Gasteiger partial charge in [0, 0.05) is 10.3 Å². The van der Waals surface area contributed by atoms with Gasteiger partial charge in [-0.1, -0.05) is 12.1 Å². The van der Waals surface area contributed by atoms with Gasteiger partial charge in [0.2, 0.25) is 0 Å². The van der Waals surface area contributed by atoms with E-state index in [1.54, 1.807) is 18.4 Å². The third-order valence-corrected chi connectivity index (χ3v) is 4.42. The maximum absolute atomic E-state index is 6.33. The SMILES string of the molecule is COc1csc(C(N)c2ccc3c(c2)CCCO3)c1. The van der Waals surface area contributed by atoms with Crippen molar-refractivity contribution in [3.8, 4) is 11.5 Å². The summed E-state index contributed by atoms with van der Waals surface area (Å²) < 4.78 is 10.8. The van der Waals surface area contributed by atoms with Gasteiger partial charge in [-0.2, -0.15) is 0 Å². The lowest BCUT2D eigenvalue weighted by atomic mass is 9.99. The quantitative estimate of drug-likeness (QED) is 0.936. The first-order chi connectivity index (χ1) is 9.28. The molecule has 1 aliphatic heterocycles. The number of rotatable bonds is 3. The van der Waals surface area contributed by atoms with Crippen molar-refractivity contribution in [1.29, 1.82) is 0 Å². The Morgan fingerprint density at radius 1 is 1.37 bits per heavy atom. The van der Waals surface area contributed by atoms with Crippen LogP contribution in [0, 0.1) is 0 Å². The standard InChI is InChI=1S/C15H17NO2S/c1-17-12-8-14(19-9-12)15(16)11-4-5-13-10(7-11)3-2-6-18-13/h4-5,7-9,15H,2-3,6,16H2,1H3. The average Bonchev–Trinajstić information content (AvgIpc) is 2.95. The van der Waals surface area contributed by atoms with Crippen LogP contribution in [0.2, 0.25) is 0 Å². The Balaban J connectivity index is 1.88. The molecule has 0 saturated carbocycles. The first-order valence-corrected chi connectivity index (χ1v) is 7.29. The van der Waals surface area contributed by atoms with E-state index in [0.717, 1.165) is 41.4 Å². The summed E-state index contributed by atoms with van der Waals surface area (Å²) in [5, 5.41) is 1.98. The van der Waals surface area contributed by atoms with Crippen LogP contribution >= 0.6 is 11.3 Å². The highest BCUT2D eigenvalue weighted by Crippen LogP contribution is 2.32. The zero-order valence-corrected chi connectivity index (χ0v) is 11.7. The van der Waals surface area contributed by atoms with Gasteiger partial charge in [0.15, 0.2) is 0 Å². The van der Waals surface area contributed by atoms with E-state index in [1.807, 2.05) is 17.5 Å². The van der Waals surface area contributed by atoms with Crippen molar-refractivity contribution < 1.29 is 9.47 Å². The molecule has 0 fully saturated rings. The lowest BCUT2D eigenvalue weighted by Gasteiger charge is -2.19. The lowest BCUT2D eigenvalue weighted by molar-refractivity contribution is 0.288. The highest BCUT2D eigenvalue weighted by Gasteiger charge is 2.16. The van der Waals surface area contributed by atoms with Crippen LogP contribution in [0.1, 0.15) is 28.5 Å². The van der Waals surface area contributed by atoms with Crippen molar-refractivity contribution in [1.82, 2.24) is 0 Å². The molecule has 0 amide bonds. The van der Waals surface area contributed by atoms with Crippen LogP contribution in [0.3, 0.4) is 0 Å². The molecule has 0 bridgehead atoms. The van der Waals surface area contributed by atoms with Crippen LogP contribution in [0.4, 0.5) is 0 Å². The molecule has 19 heavy (non-hydrogen) atoms. The van der Waals surface area contributed by atoms with E-state index < -0.39 is 0 Å². The Morgan fingerprint density at radius 3 is 3.05 bits per heavy atom. The van der Waals surface area contributed by atoms with Gasteiger partial charge < -0.3 is 15.2 Å². The van der Waals surface area contributed by atoms with Crippen LogP contribution in [0.25, 0.3) is 0 Å². The van der Waals surface area contributed by atoms with Gasteiger partial charge >= 0.3 is 0 Å². The van der Waals surface area contributed by atoms with Crippen molar-refractivity contribution in [2.24, 2.45) is 5.73 Å². The maximum atomic E-state index is 6.33. The number of hydrogen-bond donors (Lipinski definition) is 1. The van der Waals surface area contributed by atoms with Gasteiger partial charge in [0.05, 0.1) is 19.8 Å². The summed E-state index contributed by atoms with van der Waals surface area (Å²) in [5.41, 5.74) is 8.73. The molecule has 4 heteroatoms. The van der Waals surface area contributed by atoms with Crippen LogP contribution < -0.4 is 15.2 Å². The smallest absolute Gasteiger partial charge is 0.129 e. The van der Waals surface area contributed by atoms with Crippen molar-refractivity contribution in [3.05, 3.63) is 45.6 Å². The third kappa shape index (κ3) is 2.46. The van der Waals surface area contributed by atoms with E-state index in [2.05, 4.69) is 12.1 Å². The summed E-state index contributed by atoms with van der Waals surface area (Å²) in [4.78, 5) is 1.12. The fourth-order valence-corrected chi connectivity index (χ4v) is 3.23. The molecule has 100 valence electrons. The lowest BCUT2D eigenvalue weighted by Crippen LogP contribution is -2.13. The van der Waals surface area contributed by atoms with Gasteiger partial charge in [-0.05, 0) is 36.1 Å². The average molecular weight is 275 g/mol. The van der Waals surface area contributed by atoms with Crippen LogP contribution in [-0.2, 0) is 6.42 Å². The van der Waals surface area contributed by atoms with Gasteiger partial charge in [0.25, 0.3) is 0 Å². The zero-order chi connectivity index (χ0) is 13.2. The fraction of sp³-hybridized carbons (Fsp3) is 0.333. The molecule has 3 nitrogen and oxygen atoms in total. The number of methoxy groups -OCH3 is 1. The van der Waals surface area contributed by atoms with Crippen molar-refractivity contribution >= 4 is 11.3 Å². The van der Waals surface area contributed by atoms with Gasteiger partial charge in [-0.3, -0.25) is 0 Å². The number of hydrogen-bond acceptors (Lipinski definition) is 4. The Bertz CT molecular complexity index is 579. The minimum Gasteiger partial charge on any atom is -0.496 e.